The van der Waals surface area contributed by atoms with E-state index in [0.29, 0.717) is 31.4 Å². The number of alkyl halides is 3. The van der Waals surface area contributed by atoms with Crippen molar-refractivity contribution in [2.75, 3.05) is 18.0 Å². The predicted molar refractivity (Wildman–Crippen MR) is 91.7 cm³/mol. The van der Waals surface area contributed by atoms with Gasteiger partial charge in [-0.3, -0.25) is 0 Å². The number of hydrogen-bond donors (Lipinski definition) is 0. The highest BCUT2D eigenvalue weighted by Crippen LogP contribution is 2.38. The van der Waals surface area contributed by atoms with Gasteiger partial charge in [-0.1, -0.05) is 46.5 Å². The Hall–Kier alpha value is -1.40. The highest BCUT2D eigenvalue weighted by atomic mass is 19.4. The standard InChI is InChI=1S/C19H27F6N/c1-4-7-8-13(6-3)9-11-26(10-5-2)15-12-14(20)17(21)16(18(15)22)19(23,24)25/h12-13H,4-11H2,1-3H3. The maximum atomic E-state index is 14.4. The minimum Gasteiger partial charge on any atom is -0.369 e. The van der Waals surface area contributed by atoms with Crippen LogP contribution in [0, 0.1) is 23.4 Å². The molecule has 0 saturated heterocycles. The molecule has 1 aromatic carbocycles. The van der Waals surface area contributed by atoms with Crippen LogP contribution in [0.3, 0.4) is 0 Å². The van der Waals surface area contributed by atoms with Crippen LogP contribution in [-0.2, 0) is 6.18 Å². The van der Waals surface area contributed by atoms with Gasteiger partial charge in [0.05, 0.1) is 5.69 Å². The van der Waals surface area contributed by atoms with Gasteiger partial charge in [-0.15, -0.1) is 0 Å². The second-order valence-corrected chi connectivity index (χ2v) is 6.57. The Morgan fingerprint density at radius 3 is 2.08 bits per heavy atom. The lowest BCUT2D eigenvalue weighted by Gasteiger charge is -2.28. The van der Waals surface area contributed by atoms with E-state index in [4.69, 9.17) is 0 Å². The largest absolute Gasteiger partial charge is 0.422 e. The Labute approximate surface area is 151 Å². The van der Waals surface area contributed by atoms with Gasteiger partial charge in [0.25, 0.3) is 0 Å². The molecular formula is C19H27F6N. The van der Waals surface area contributed by atoms with Crippen LogP contribution in [0.1, 0.15) is 64.9 Å². The first kappa shape index (κ1) is 22.6. The van der Waals surface area contributed by atoms with Crippen LogP contribution in [0.2, 0.25) is 0 Å². The van der Waals surface area contributed by atoms with E-state index in [9.17, 15) is 26.3 Å². The molecule has 0 bridgehead atoms. The van der Waals surface area contributed by atoms with E-state index >= 15 is 0 Å². The Balaban J connectivity index is 3.15. The molecule has 1 unspecified atom stereocenters. The molecule has 0 radical (unpaired) electrons. The summed E-state index contributed by atoms with van der Waals surface area (Å²) in [7, 11) is 0. The number of anilines is 1. The van der Waals surface area contributed by atoms with Crippen LogP contribution < -0.4 is 4.90 Å². The number of unbranched alkanes of at least 4 members (excludes halogenated alkanes) is 1. The number of rotatable bonds is 10. The van der Waals surface area contributed by atoms with E-state index < -0.39 is 34.9 Å². The van der Waals surface area contributed by atoms with E-state index in [2.05, 4.69) is 6.92 Å². The maximum absolute atomic E-state index is 14.4. The second kappa shape index (κ2) is 10.1. The molecule has 1 rings (SSSR count). The van der Waals surface area contributed by atoms with Crippen molar-refractivity contribution in [1.82, 2.24) is 0 Å². The molecule has 0 heterocycles. The zero-order chi connectivity index (χ0) is 19.9. The summed E-state index contributed by atoms with van der Waals surface area (Å²) in [5, 5.41) is 0. The van der Waals surface area contributed by atoms with Gasteiger partial charge in [0.2, 0.25) is 0 Å². The Bertz CT molecular complexity index is 570. The first-order valence-corrected chi connectivity index (χ1v) is 9.16. The summed E-state index contributed by atoms with van der Waals surface area (Å²) < 4.78 is 80.6. The van der Waals surface area contributed by atoms with E-state index in [-0.39, 0.29) is 6.54 Å². The molecule has 7 heteroatoms. The van der Waals surface area contributed by atoms with Gasteiger partial charge < -0.3 is 4.90 Å². The molecule has 150 valence electrons. The van der Waals surface area contributed by atoms with E-state index in [0.717, 1.165) is 25.7 Å². The minimum absolute atomic E-state index is 0.267. The summed E-state index contributed by atoms with van der Waals surface area (Å²) in [5.41, 5.74) is -2.69. The van der Waals surface area contributed by atoms with Gasteiger partial charge >= 0.3 is 6.18 Å². The molecule has 1 atom stereocenters. The lowest BCUT2D eigenvalue weighted by atomic mass is 9.95. The SMILES string of the molecule is CCCCC(CC)CCN(CCC)c1cc(F)c(F)c(C(F)(F)F)c1F. The lowest BCUT2D eigenvalue weighted by Crippen LogP contribution is -2.29. The first-order chi connectivity index (χ1) is 12.2. The van der Waals surface area contributed by atoms with Gasteiger partial charge in [0.1, 0.15) is 5.56 Å². The van der Waals surface area contributed by atoms with Crippen molar-refractivity contribution >= 4 is 5.69 Å². The van der Waals surface area contributed by atoms with Crippen molar-refractivity contribution in [1.29, 1.82) is 0 Å². The van der Waals surface area contributed by atoms with Crippen LogP contribution in [0.5, 0.6) is 0 Å². The number of nitrogens with zero attached hydrogens (tertiary/aromatic N) is 1. The summed E-state index contributed by atoms with van der Waals surface area (Å²) in [6.07, 6.45) is -0.0984. The molecule has 0 N–H and O–H groups in total. The molecule has 1 nitrogen and oxygen atoms in total. The zero-order valence-electron chi connectivity index (χ0n) is 15.5. The van der Waals surface area contributed by atoms with Gasteiger partial charge in [-0.2, -0.15) is 13.2 Å². The van der Waals surface area contributed by atoms with Crippen LogP contribution in [0.4, 0.5) is 32.0 Å². The van der Waals surface area contributed by atoms with Crippen molar-refractivity contribution < 1.29 is 26.3 Å². The van der Waals surface area contributed by atoms with Gasteiger partial charge in [-0.25, -0.2) is 13.2 Å². The molecule has 0 spiro atoms. The monoisotopic (exact) mass is 383 g/mol. The third kappa shape index (κ3) is 5.81. The number of halogens is 6. The first-order valence-electron chi connectivity index (χ1n) is 9.16. The summed E-state index contributed by atoms with van der Waals surface area (Å²) >= 11 is 0. The average Bonchev–Trinajstić information content (AvgIpc) is 2.56. The van der Waals surface area contributed by atoms with Crippen molar-refractivity contribution in [2.45, 2.75) is 65.5 Å². The topological polar surface area (TPSA) is 3.24 Å². The molecule has 0 aromatic heterocycles. The molecular weight excluding hydrogens is 356 g/mol. The highest BCUT2D eigenvalue weighted by molar-refractivity contribution is 5.52. The third-order valence-electron chi connectivity index (χ3n) is 4.61. The molecule has 0 aliphatic heterocycles. The lowest BCUT2D eigenvalue weighted by molar-refractivity contribution is -0.142. The van der Waals surface area contributed by atoms with Crippen molar-refractivity contribution in [3.63, 3.8) is 0 Å². The number of hydrogen-bond acceptors (Lipinski definition) is 1. The molecule has 0 aliphatic carbocycles. The van der Waals surface area contributed by atoms with Crippen molar-refractivity contribution in [2.24, 2.45) is 5.92 Å². The van der Waals surface area contributed by atoms with Crippen LogP contribution >= 0.6 is 0 Å². The summed E-state index contributed by atoms with van der Waals surface area (Å²) in [6, 6.07) is 0.530. The normalized spacial score (nSPS) is 13.1. The molecule has 0 saturated carbocycles. The van der Waals surface area contributed by atoms with Gasteiger partial charge in [0.15, 0.2) is 17.5 Å². The Morgan fingerprint density at radius 2 is 1.58 bits per heavy atom. The Kier molecular flexibility index (Phi) is 8.77. The molecule has 26 heavy (non-hydrogen) atoms. The van der Waals surface area contributed by atoms with Crippen LogP contribution in [0.25, 0.3) is 0 Å². The summed E-state index contributed by atoms with van der Waals surface area (Å²) in [4.78, 5) is 1.39. The molecule has 0 fully saturated rings. The fourth-order valence-electron chi connectivity index (χ4n) is 3.08. The van der Waals surface area contributed by atoms with Gasteiger partial charge in [-0.05, 0) is 18.8 Å². The smallest absolute Gasteiger partial charge is 0.369 e. The van der Waals surface area contributed by atoms with E-state index in [1.165, 1.54) is 4.90 Å². The third-order valence-corrected chi connectivity index (χ3v) is 4.61. The fraction of sp³-hybridized carbons (Fsp3) is 0.684. The zero-order valence-corrected chi connectivity index (χ0v) is 15.5. The van der Waals surface area contributed by atoms with Crippen LogP contribution in [0.15, 0.2) is 6.07 Å². The van der Waals surface area contributed by atoms with E-state index in [1.807, 2.05) is 6.92 Å². The predicted octanol–water partition coefficient (Wildman–Crippen LogP) is 6.95. The number of benzene rings is 1. The van der Waals surface area contributed by atoms with Gasteiger partial charge in [0, 0.05) is 19.2 Å². The average molecular weight is 383 g/mol. The summed E-state index contributed by atoms with van der Waals surface area (Å²) in [6.45, 7) is 6.47. The van der Waals surface area contributed by atoms with Crippen LogP contribution in [-0.4, -0.2) is 13.1 Å². The quantitative estimate of drug-likeness (QED) is 0.312. The molecule has 0 aliphatic rings. The second-order valence-electron chi connectivity index (χ2n) is 6.57. The molecule has 1 aromatic rings. The summed E-state index contributed by atoms with van der Waals surface area (Å²) in [5.74, 6) is -5.26. The van der Waals surface area contributed by atoms with E-state index in [1.54, 1.807) is 6.92 Å². The minimum atomic E-state index is -5.30. The maximum Gasteiger partial charge on any atom is 0.422 e. The molecule has 0 amide bonds. The highest BCUT2D eigenvalue weighted by Gasteiger charge is 2.41. The Morgan fingerprint density at radius 1 is 0.923 bits per heavy atom. The fourth-order valence-corrected chi connectivity index (χ4v) is 3.08. The van der Waals surface area contributed by atoms with Crippen molar-refractivity contribution in [3.8, 4) is 0 Å². The van der Waals surface area contributed by atoms with Crippen molar-refractivity contribution in [3.05, 3.63) is 29.1 Å².